The molecular weight excluding hydrogens is 236 g/mol. The van der Waals surface area contributed by atoms with Gasteiger partial charge >= 0.3 is 0 Å². The minimum atomic E-state index is 0.00496. The first kappa shape index (κ1) is 14.0. The number of fused-ring (bicyclic) bond motifs is 1. The normalized spacial score (nSPS) is 13.2. The summed E-state index contributed by atoms with van der Waals surface area (Å²) in [5.74, 6) is 1.06. The highest BCUT2D eigenvalue weighted by atomic mass is 15.2. The Morgan fingerprint density at radius 3 is 2.42 bits per heavy atom. The first-order chi connectivity index (χ1) is 8.68. The second kappa shape index (κ2) is 4.60. The predicted molar refractivity (Wildman–Crippen MR) is 79.1 cm³/mol. The third kappa shape index (κ3) is 3.13. The molecule has 4 nitrogen and oxygen atoms in total. The van der Waals surface area contributed by atoms with Crippen molar-refractivity contribution < 1.29 is 0 Å². The number of hydrogen-bond donors (Lipinski definition) is 1. The Morgan fingerprint density at radius 2 is 1.84 bits per heavy atom. The fourth-order valence-corrected chi connectivity index (χ4v) is 2.19. The average molecular weight is 260 g/mol. The molecule has 0 aliphatic carbocycles. The van der Waals surface area contributed by atoms with Crippen LogP contribution in [0.5, 0.6) is 0 Å². The highest BCUT2D eigenvalue weighted by molar-refractivity contribution is 5.75. The molecule has 0 spiro atoms. The van der Waals surface area contributed by atoms with Crippen molar-refractivity contribution in [3.63, 3.8) is 0 Å². The summed E-state index contributed by atoms with van der Waals surface area (Å²) in [5.41, 5.74) is 2.20. The first-order valence-electron chi connectivity index (χ1n) is 6.75. The monoisotopic (exact) mass is 260 g/mol. The Kier molecular flexibility index (Phi) is 3.39. The van der Waals surface area contributed by atoms with Crippen molar-refractivity contribution >= 4 is 11.0 Å². The van der Waals surface area contributed by atoms with E-state index in [4.69, 9.17) is 4.98 Å². The van der Waals surface area contributed by atoms with Crippen LogP contribution >= 0.6 is 0 Å². The van der Waals surface area contributed by atoms with E-state index in [0.717, 1.165) is 23.4 Å². The number of hydrogen-bond acceptors (Lipinski definition) is 3. The number of pyridine rings is 1. The largest absolute Gasteiger partial charge is 0.321 e. The molecule has 0 atom stereocenters. The van der Waals surface area contributed by atoms with Crippen LogP contribution in [-0.4, -0.2) is 20.1 Å². The SMILES string of the molecule is CC(C)(C)NCc1nc2cnccc2n1C(C)(C)C. The molecule has 0 aliphatic heterocycles. The highest BCUT2D eigenvalue weighted by Gasteiger charge is 2.22. The van der Waals surface area contributed by atoms with Gasteiger partial charge in [0, 0.05) is 17.3 Å². The number of imidazole rings is 1. The lowest BCUT2D eigenvalue weighted by Gasteiger charge is -2.26. The van der Waals surface area contributed by atoms with Gasteiger partial charge in [0.15, 0.2) is 0 Å². The van der Waals surface area contributed by atoms with Crippen molar-refractivity contribution in [2.45, 2.75) is 59.2 Å². The van der Waals surface area contributed by atoms with Crippen molar-refractivity contribution in [1.29, 1.82) is 0 Å². The van der Waals surface area contributed by atoms with Crippen LogP contribution in [0.25, 0.3) is 11.0 Å². The van der Waals surface area contributed by atoms with E-state index in [1.54, 1.807) is 0 Å². The summed E-state index contributed by atoms with van der Waals surface area (Å²) in [5, 5.41) is 3.51. The molecule has 0 bridgehead atoms. The van der Waals surface area contributed by atoms with Gasteiger partial charge in [0.1, 0.15) is 11.3 Å². The molecule has 0 amide bonds. The van der Waals surface area contributed by atoms with Crippen molar-refractivity contribution in [2.24, 2.45) is 0 Å². The van der Waals surface area contributed by atoms with Crippen LogP contribution in [0.1, 0.15) is 47.4 Å². The maximum absolute atomic E-state index is 4.72. The molecule has 0 saturated heterocycles. The highest BCUT2D eigenvalue weighted by Crippen LogP contribution is 2.24. The lowest BCUT2D eigenvalue weighted by atomic mass is 10.1. The Hall–Kier alpha value is -1.42. The maximum Gasteiger partial charge on any atom is 0.124 e. The van der Waals surface area contributed by atoms with Crippen molar-refractivity contribution in [2.75, 3.05) is 0 Å². The first-order valence-corrected chi connectivity index (χ1v) is 6.75. The van der Waals surface area contributed by atoms with E-state index >= 15 is 0 Å². The quantitative estimate of drug-likeness (QED) is 0.902. The predicted octanol–water partition coefficient (Wildman–Crippen LogP) is 3.07. The number of rotatable bonds is 2. The minimum absolute atomic E-state index is 0.00496. The van der Waals surface area contributed by atoms with Crippen LogP contribution in [0.4, 0.5) is 0 Å². The second-order valence-corrected chi connectivity index (χ2v) is 7.00. The summed E-state index contributed by atoms with van der Waals surface area (Å²) in [6.45, 7) is 13.9. The van der Waals surface area contributed by atoms with E-state index in [-0.39, 0.29) is 11.1 Å². The molecule has 104 valence electrons. The topological polar surface area (TPSA) is 42.7 Å². The van der Waals surface area contributed by atoms with E-state index in [2.05, 4.69) is 56.4 Å². The third-order valence-electron chi connectivity index (χ3n) is 2.97. The lowest BCUT2D eigenvalue weighted by molar-refractivity contribution is 0.365. The van der Waals surface area contributed by atoms with Gasteiger partial charge in [-0.2, -0.15) is 0 Å². The molecule has 0 radical (unpaired) electrons. The summed E-state index contributed by atoms with van der Waals surface area (Å²) in [6.07, 6.45) is 3.66. The van der Waals surface area contributed by atoms with Crippen LogP contribution in [0, 0.1) is 0 Å². The van der Waals surface area contributed by atoms with E-state index in [1.165, 1.54) is 0 Å². The maximum atomic E-state index is 4.72. The Labute approximate surface area is 115 Å². The summed E-state index contributed by atoms with van der Waals surface area (Å²) >= 11 is 0. The molecule has 2 heterocycles. The number of nitrogens with one attached hydrogen (secondary N) is 1. The molecule has 1 N–H and O–H groups in total. The molecule has 0 aliphatic rings. The van der Waals surface area contributed by atoms with Gasteiger partial charge in [0.25, 0.3) is 0 Å². The van der Waals surface area contributed by atoms with E-state index in [0.29, 0.717) is 0 Å². The fraction of sp³-hybridized carbons (Fsp3) is 0.600. The standard InChI is InChI=1S/C15H24N4/c1-14(2,3)17-10-13-18-11-9-16-8-7-12(11)19(13)15(4,5)6/h7-9,17H,10H2,1-6H3. The van der Waals surface area contributed by atoms with Gasteiger partial charge < -0.3 is 9.88 Å². The molecule has 0 fully saturated rings. The number of aromatic nitrogens is 3. The van der Waals surface area contributed by atoms with Crippen LogP contribution in [0.15, 0.2) is 18.5 Å². The molecule has 0 unspecified atom stereocenters. The van der Waals surface area contributed by atoms with Crippen LogP contribution < -0.4 is 5.32 Å². The minimum Gasteiger partial charge on any atom is -0.321 e. The lowest BCUT2D eigenvalue weighted by Crippen LogP contribution is -2.37. The molecular formula is C15H24N4. The Balaban J connectivity index is 2.48. The summed E-state index contributed by atoms with van der Waals surface area (Å²) in [6, 6.07) is 2.04. The van der Waals surface area contributed by atoms with Gasteiger partial charge in [-0.1, -0.05) is 0 Å². The fourth-order valence-electron chi connectivity index (χ4n) is 2.19. The zero-order valence-electron chi connectivity index (χ0n) is 12.8. The zero-order valence-corrected chi connectivity index (χ0v) is 12.8. The molecule has 2 aromatic heterocycles. The van der Waals surface area contributed by atoms with Gasteiger partial charge in [-0.3, -0.25) is 4.98 Å². The molecule has 0 saturated carbocycles. The Bertz CT molecular complexity index is 570. The molecule has 2 rings (SSSR count). The van der Waals surface area contributed by atoms with Crippen LogP contribution in [0.3, 0.4) is 0 Å². The van der Waals surface area contributed by atoms with E-state index in [9.17, 15) is 0 Å². The average Bonchev–Trinajstić information content (AvgIpc) is 2.63. The molecule has 4 heteroatoms. The summed E-state index contributed by atoms with van der Waals surface area (Å²) in [7, 11) is 0. The molecule has 2 aromatic rings. The van der Waals surface area contributed by atoms with Crippen LogP contribution in [0.2, 0.25) is 0 Å². The third-order valence-corrected chi connectivity index (χ3v) is 2.97. The van der Waals surface area contributed by atoms with Gasteiger partial charge in [0.05, 0.1) is 18.3 Å². The van der Waals surface area contributed by atoms with Crippen molar-refractivity contribution in [3.8, 4) is 0 Å². The Morgan fingerprint density at radius 1 is 1.16 bits per heavy atom. The van der Waals surface area contributed by atoms with Gasteiger partial charge in [-0.25, -0.2) is 4.98 Å². The van der Waals surface area contributed by atoms with Gasteiger partial charge in [-0.15, -0.1) is 0 Å². The van der Waals surface area contributed by atoms with Crippen molar-refractivity contribution in [1.82, 2.24) is 19.9 Å². The second-order valence-electron chi connectivity index (χ2n) is 7.00. The molecule has 19 heavy (non-hydrogen) atoms. The van der Waals surface area contributed by atoms with Crippen LogP contribution in [-0.2, 0) is 12.1 Å². The smallest absolute Gasteiger partial charge is 0.124 e. The zero-order chi connectivity index (χ0) is 14.3. The number of nitrogens with zero attached hydrogens (tertiary/aromatic N) is 3. The van der Waals surface area contributed by atoms with E-state index < -0.39 is 0 Å². The summed E-state index contributed by atoms with van der Waals surface area (Å²) in [4.78, 5) is 8.88. The van der Waals surface area contributed by atoms with Gasteiger partial charge in [-0.05, 0) is 47.6 Å². The van der Waals surface area contributed by atoms with E-state index in [1.807, 2.05) is 18.5 Å². The van der Waals surface area contributed by atoms with Gasteiger partial charge in [0.2, 0.25) is 0 Å². The van der Waals surface area contributed by atoms with Crippen molar-refractivity contribution in [3.05, 3.63) is 24.3 Å². The molecule has 0 aromatic carbocycles. The summed E-state index contributed by atoms with van der Waals surface area (Å²) < 4.78 is 2.29.